The Morgan fingerprint density at radius 2 is 1.83 bits per heavy atom. The van der Waals surface area contributed by atoms with Gasteiger partial charge in [-0.3, -0.25) is 4.79 Å². The minimum absolute atomic E-state index is 0.0504. The fourth-order valence-corrected chi connectivity index (χ4v) is 3.42. The van der Waals surface area contributed by atoms with Crippen molar-refractivity contribution in [3.05, 3.63) is 58.9 Å². The summed E-state index contributed by atoms with van der Waals surface area (Å²) in [5, 5.41) is 11.0. The lowest BCUT2D eigenvalue weighted by atomic mass is 10.2. The summed E-state index contributed by atoms with van der Waals surface area (Å²) in [4.78, 5) is 12.5. The summed E-state index contributed by atoms with van der Waals surface area (Å²) in [5.41, 5.74) is 3.86. The van der Waals surface area contributed by atoms with E-state index < -0.39 is 0 Å². The molecule has 7 nitrogen and oxygen atoms in total. The van der Waals surface area contributed by atoms with E-state index >= 15 is 0 Å². The van der Waals surface area contributed by atoms with Crippen molar-refractivity contribution in [3.8, 4) is 17.2 Å². The number of hydrogen-bond acceptors (Lipinski definition) is 5. The van der Waals surface area contributed by atoms with Gasteiger partial charge in [0.2, 0.25) is 5.91 Å². The van der Waals surface area contributed by atoms with Crippen LogP contribution in [-0.2, 0) is 4.79 Å². The number of amides is 1. The van der Waals surface area contributed by atoms with Gasteiger partial charge in [0, 0.05) is 12.1 Å². The van der Waals surface area contributed by atoms with E-state index in [2.05, 4.69) is 15.7 Å². The van der Waals surface area contributed by atoms with Crippen LogP contribution in [-0.4, -0.2) is 35.4 Å². The Hall–Kier alpha value is -3.19. The van der Waals surface area contributed by atoms with E-state index in [1.807, 2.05) is 48.9 Å². The van der Waals surface area contributed by atoms with Gasteiger partial charge in [0.05, 0.1) is 40.0 Å². The highest BCUT2D eigenvalue weighted by Gasteiger charge is 2.17. The standard InChI is InChI=1S/C21H21ClN4O3/c1-13-21(14(2)26(25-13)15-6-4-3-5-7-15)24-20(27)12-23-17-11-19-18(10-16(17)22)28-8-9-29-19/h3-7,10-11,23H,8-9,12H2,1-2H3,(H,24,27). The van der Waals surface area contributed by atoms with Crippen LogP contribution in [0.25, 0.3) is 5.69 Å². The van der Waals surface area contributed by atoms with Crippen LogP contribution in [0.15, 0.2) is 42.5 Å². The lowest BCUT2D eigenvalue weighted by Crippen LogP contribution is -2.23. The number of hydrogen-bond donors (Lipinski definition) is 2. The van der Waals surface area contributed by atoms with Gasteiger partial charge in [-0.2, -0.15) is 5.10 Å². The van der Waals surface area contributed by atoms with Crippen molar-refractivity contribution < 1.29 is 14.3 Å². The van der Waals surface area contributed by atoms with E-state index in [0.717, 1.165) is 17.1 Å². The van der Waals surface area contributed by atoms with Gasteiger partial charge in [-0.25, -0.2) is 4.68 Å². The van der Waals surface area contributed by atoms with Gasteiger partial charge in [0.1, 0.15) is 13.2 Å². The lowest BCUT2D eigenvalue weighted by molar-refractivity contribution is -0.114. The molecule has 8 heteroatoms. The maximum absolute atomic E-state index is 12.5. The highest BCUT2D eigenvalue weighted by molar-refractivity contribution is 6.33. The second-order valence-corrected chi connectivity index (χ2v) is 7.08. The lowest BCUT2D eigenvalue weighted by Gasteiger charge is -2.20. The SMILES string of the molecule is Cc1nn(-c2ccccc2)c(C)c1NC(=O)CNc1cc2c(cc1Cl)OCCO2. The van der Waals surface area contributed by atoms with Crippen LogP contribution in [0.5, 0.6) is 11.5 Å². The van der Waals surface area contributed by atoms with Crippen molar-refractivity contribution >= 4 is 28.9 Å². The Morgan fingerprint density at radius 1 is 1.14 bits per heavy atom. The van der Waals surface area contributed by atoms with E-state index in [0.29, 0.717) is 41.1 Å². The molecule has 0 radical (unpaired) electrons. The number of anilines is 2. The monoisotopic (exact) mass is 412 g/mol. The molecule has 3 aromatic rings. The highest BCUT2D eigenvalue weighted by Crippen LogP contribution is 2.37. The number of rotatable bonds is 5. The second-order valence-electron chi connectivity index (χ2n) is 6.67. The van der Waals surface area contributed by atoms with Crippen molar-refractivity contribution in [1.82, 2.24) is 9.78 Å². The summed E-state index contributed by atoms with van der Waals surface area (Å²) in [6, 6.07) is 13.2. The molecule has 1 aliphatic rings. The second kappa shape index (κ2) is 8.05. The average Bonchev–Trinajstić information content (AvgIpc) is 3.01. The Labute approximate surface area is 173 Å². The number of aryl methyl sites for hydroxylation is 1. The summed E-state index contributed by atoms with van der Waals surface area (Å²) in [6.07, 6.45) is 0. The molecule has 0 spiro atoms. The maximum Gasteiger partial charge on any atom is 0.243 e. The summed E-state index contributed by atoms with van der Waals surface area (Å²) in [6.45, 7) is 4.82. The zero-order valence-electron chi connectivity index (χ0n) is 16.2. The Morgan fingerprint density at radius 3 is 2.55 bits per heavy atom. The van der Waals surface area contributed by atoms with Gasteiger partial charge in [-0.05, 0) is 26.0 Å². The normalized spacial score (nSPS) is 12.5. The number of halogens is 1. The van der Waals surface area contributed by atoms with E-state index in [1.165, 1.54) is 0 Å². The van der Waals surface area contributed by atoms with Crippen molar-refractivity contribution in [2.75, 3.05) is 30.4 Å². The molecule has 0 atom stereocenters. The molecule has 0 aliphatic carbocycles. The minimum atomic E-state index is -0.199. The van der Waals surface area contributed by atoms with Crippen molar-refractivity contribution in [2.24, 2.45) is 0 Å². The van der Waals surface area contributed by atoms with Crippen LogP contribution >= 0.6 is 11.6 Å². The van der Waals surface area contributed by atoms with E-state index in [4.69, 9.17) is 21.1 Å². The molecule has 0 fully saturated rings. The van der Waals surface area contributed by atoms with Crippen LogP contribution in [0.3, 0.4) is 0 Å². The minimum Gasteiger partial charge on any atom is -0.486 e. The summed E-state index contributed by atoms with van der Waals surface area (Å²) in [7, 11) is 0. The third-order valence-corrected chi connectivity index (χ3v) is 4.94. The maximum atomic E-state index is 12.5. The summed E-state index contributed by atoms with van der Waals surface area (Å²) < 4.78 is 12.9. The first kappa shape index (κ1) is 19.1. The third-order valence-electron chi connectivity index (χ3n) is 4.63. The number of para-hydroxylation sites is 1. The van der Waals surface area contributed by atoms with Crippen LogP contribution in [0, 0.1) is 13.8 Å². The predicted octanol–water partition coefficient (Wildman–Crippen LogP) is 3.96. The number of fused-ring (bicyclic) bond motifs is 1. The van der Waals surface area contributed by atoms with E-state index in [1.54, 1.807) is 12.1 Å². The average molecular weight is 413 g/mol. The van der Waals surface area contributed by atoms with Crippen LogP contribution in [0.2, 0.25) is 5.02 Å². The van der Waals surface area contributed by atoms with Gasteiger partial charge >= 0.3 is 0 Å². The molecule has 2 N–H and O–H groups in total. The van der Waals surface area contributed by atoms with Gasteiger partial charge in [0.15, 0.2) is 11.5 Å². The van der Waals surface area contributed by atoms with Crippen molar-refractivity contribution in [2.45, 2.75) is 13.8 Å². The molecule has 29 heavy (non-hydrogen) atoms. The first-order valence-electron chi connectivity index (χ1n) is 9.27. The van der Waals surface area contributed by atoms with E-state index in [9.17, 15) is 4.79 Å². The number of ether oxygens (including phenoxy) is 2. The zero-order chi connectivity index (χ0) is 20.4. The Kier molecular flexibility index (Phi) is 5.31. The summed E-state index contributed by atoms with van der Waals surface area (Å²) in [5.74, 6) is 1.02. The molecule has 0 unspecified atom stereocenters. The highest BCUT2D eigenvalue weighted by atomic mass is 35.5. The largest absolute Gasteiger partial charge is 0.486 e. The smallest absolute Gasteiger partial charge is 0.243 e. The Balaban J connectivity index is 1.45. The van der Waals surface area contributed by atoms with Crippen LogP contribution < -0.4 is 20.1 Å². The zero-order valence-corrected chi connectivity index (χ0v) is 16.9. The number of nitrogens with one attached hydrogen (secondary N) is 2. The third kappa shape index (κ3) is 4.00. The van der Waals surface area contributed by atoms with Crippen LogP contribution in [0.1, 0.15) is 11.4 Å². The number of aromatic nitrogens is 2. The predicted molar refractivity (Wildman–Crippen MR) is 113 cm³/mol. The number of carbonyl (C=O) groups excluding carboxylic acids is 1. The molecular formula is C21H21ClN4O3. The van der Waals surface area contributed by atoms with Crippen molar-refractivity contribution in [3.63, 3.8) is 0 Å². The fourth-order valence-electron chi connectivity index (χ4n) is 3.20. The van der Waals surface area contributed by atoms with Gasteiger partial charge in [0.25, 0.3) is 0 Å². The van der Waals surface area contributed by atoms with Gasteiger partial charge in [-0.15, -0.1) is 0 Å². The fraction of sp³-hybridized carbons (Fsp3) is 0.238. The molecule has 0 bridgehead atoms. The van der Waals surface area contributed by atoms with Crippen LogP contribution in [0.4, 0.5) is 11.4 Å². The quantitative estimate of drug-likeness (QED) is 0.663. The molecule has 4 rings (SSSR count). The first-order valence-corrected chi connectivity index (χ1v) is 9.65. The molecule has 1 aliphatic heterocycles. The molecule has 1 amide bonds. The van der Waals surface area contributed by atoms with Gasteiger partial charge < -0.3 is 20.1 Å². The molecule has 150 valence electrons. The number of benzene rings is 2. The van der Waals surface area contributed by atoms with Gasteiger partial charge in [-0.1, -0.05) is 29.8 Å². The summed E-state index contributed by atoms with van der Waals surface area (Å²) >= 11 is 6.28. The molecule has 2 heterocycles. The Bertz CT molecular complexity index is 1050. The van der Waals surface area contributed by atoms with Crippen molar-refractivity contribution in [1.29, 1.82) is 0 Å². The topological polar surface area (TPSA) is 77.4 Å². The first-order chi connectivity index (χ1) is 14.0. The number of nitrogens with zero attached hydrogens (tertiary/aromatic N) is 2. The number of carbonyl (C=O) groups is 1. The molecule has 2 aromatic carbocycles. The molecule has 0 saturated carbocycles. The molecule has 1 aromatic heterocycles. The molecule has 0 saturated heterocycles. The molecular weight excluding hydrogens is 392 g/mol. The van der Waals surface area contributed by atoms with E-state index in [-0.39, 0.29) is 12.5 Å².